The van der Waals surface area contributed by atoms with Crippen LogP contribution in [0.1, 0.15) is 45.0 Å². The average molecular weight is 418 g/mol. The van der Waals surface area contributed by atoms with Gasteiger partial charge in [0.25, 0.3) is 11.3 Å². The summed E-state index contributed by atoms with van der Waals surface area (Å²) < 4.78 is 9.04. The van der Waals surface area contributed by atoms with Gasteiger partial charge in [0.15, 0.2) is 0 Å². The van der Waals surface area contributed by atoms with E-state index < -0.39 is 0 Å². The van der Waals surface area contributed by atoms with Crippen LogP contribution in [0.25, 0.3) is 27.9 Å². The SMILES string of the molecule is COc1cccc(-c2c3c(=O)n([C@@H]4CCC[C@H](C)[C@@H]4C)ccc3nc3nc(C)nn23)c1. The molecule has 0 bridgehead atoms. The van der Waals surface area contributed by atoms with Gasteiger partial charge in [-0.15, -0.1) is 5.10 Å². The lowest BCUT2D eigenvalue weighted by Crippen LogP contribution is -2.33. The van der Waals surface area contributed by atoms with E-state index in [0.717, 1.165) is 24.2 Å². The number of nitrogens with zero attached hydrogens (tertiary/aromatic N) is 5. The molecule has 1 fully saturated rings. The van der Waals surface area contributed by atoms with Crippen LogP contribution in [0.2, 0.25) is 0 Å². The zero-order chi connectivity index (χ0) is 21.7. The van der Waals surface area contributed by atoms with Crippen LogP contribution in [-0.4, -0.2) is 31.3 Å². The summed E-state index contributed by atoms with van der Waals surface area (Å²) in [6, 6.07) is 9.83. The second kappa shape index (κ2) is 7.48. The molecular formula is C24H27N5O2. The maximum absolute atomic E-state index is 13.9. The highest BCUT2D eigenvalue weighted by Gasteiger charge is 2.30. The number of hydrogen-bond acceptors (Lipinski definition) is 5. The lowest BCUT2D eigenvalue weighted by molar-refractivity contribution is 0.183. The van der Waals surface area contributed by atoms with Gasteiger partial charge < -0.3 is 9.30 Å². The van der Waals surface area contributed by atoms with Crippen molar-refractivity contribution in [1.82, 2.24) is 24.1 Å². The fourth-order valence-electron chi connectivity index (χ4n) is 4.94. The molecule has 1 saturated carbocycles. The summed E-state index contributed by atoms with van der Waals surface area (Å²) in [4.78, 5) is 23.0. The Morgan fingerprint density at radius 3 is 2.77 bits per heavy atom. The van der Waals surface area contributed by atoms with Crippen LogP contribution < -0.4 is 10.3 Å². The Morgan fingerprint density at radius 2 is 1.97 bits per heavy atom. The van der Waals surface area contributed by atoms with Crippen LogP contribution in [0, 0.1) is 18.8 Å². The molecule has 1 aliphatic rings. The number of benzene rings is 1. The van der Waals surface area contributed by atoms with Gasteiger partial charge in [-0.25, -0.2) is 4.98 Å². The summed E-state index contributed by atoms with van der Waals surface area (Å²) in [5.41, 5.74) is 2.16. The van der Waals surface area contributed by atoms with E-state index in [-0.39, 0.29) is 11.6 Å². The van der Waals surface area contributed by atoms with Crippen molar-refractivity contribution in [3.05, 3.63) is 52.7 Å². The Kier molecular flexibility index (Phi) is 4.76. The third-order valence-electron chi connectivity index (χ3n) is 6.83. The van der Waals surface area contributed by atoms with Crippen LogP contribution in [-0.2, 0) is 0 Å². The number of methoxy groups -OCH3 is 1. The molecule has 0 amide bonds. The number of rotatable bonds is 3. The van der Waals surface area contributed by atoms with E-state index in [1.54, 1.807) is 11.6 Å². The molecule has 7 heteroatoms. The number of pyridine rings is 1. The van der Waals surface area contributed by atoms with Crippen molar-refractivity contribution in [1.29, 1.82) is 0 Å². The Labute approximate surface area is 180 Å². The Balaban J connectivity index is 1.84. The lowest BCUT2D eigenvalue weighted by atomic mass is 9.78. The molecule has 0 spiro atoms. The van der Waals surface area contributed by atoms with Gasteiger partial charge in [0.05, 0.1) is 23.7 Å². The summed E-state index contributed by atoms with van der Waals surface area (Å²) in [6.07, 6.45) is 5.29. The molecule has 7 nitrogen and oxygen atoms in total. The molecule has 4 aromatic rings. The number of hydrogen-bond donors (Lipinski definition) is 0. The van der Waals surface area contributed by atoms with Gasteiger partial charge in [-0.2, -0.15) is 9.50 Å². The first kappa shape index (κ1) is 19.7. The summed E-state index contributed by atoms with van der Waals surface area (Å²) in [7, 11) is 1.64. The molecule has 1 aromatic carbocycles. The van der Waals surface area contributed by atoms with E-state index in [4.69, 9.17) is 4.74 Å². The highest BCUT2D eigenvalue weighted by molar-refractivity contribution is 5.93. The monoisotopic (exact) mass is 417 g/mol. The highest BCUT2D eigenvalue weighted by Crippen LogP contribution is 2.37. The minimum absolute atomic E-state index is 0.0242. The van der Waals surface area contributed by atoms with Crippen molar-refractivity contribution in [2.24, 2.45) is 11.8 Å². The molecule has 0 radical (unpaired) electrons. The summed E-state index contributed by atoms with van der Waals surface area (Å²) in [5, 5.41) is 5.13. The Morgan fingerprint density at radius 1 is 1.13 bits per heavy atom. The minimum atomic E-state index is -0.0242. The first-order valence-corrected chi connectivity index (χ1v) is 10.9. The van der Waals surface area contributed by atoms with Crippen molar-refractivity contribution >= 4 is 16.7 Å². The molecule has 3 atom stereocenters. The predicted octanol–water partition coefficient (Wildman–Crippen LogP) is 4.42. The van der Waals surface area contributed by atoms with Crippen LogP contribution >= 0.6 is 0 Å². The second-order valence-electron chi connectivity index (χ2n) is 8.69. The number of aryl methyl sites for hydroxylation is 1. The molecule has 1 aliphatic carbocycles. The van der Waals surface area contributed by atoms with Crippen molar-refractivity contribution in [3.8, 4) is 17.0 Å². The molecule has 3 aromatic heterocycles. The van der Waals surface area contributed by atoms with Gasteiger partial charge >= 0.3 is 0 Å². The molecule has 31 heavy (non-hydrogen) atoms. The molecule has 0 unspecified atom stereocenters. The van der Waals surface area contributed by atoms with E-state index in [1.807, 2.05) is 48.0 Å². The molecule has 5 rings (SSSR count). The average Bonchev–Trinajstić information content (AvgIpc) is 3.14. The molecule has 0 saturated heterocycles. The highest BCUT2D eigenvalue weighted by atomic mass is 16.5. The van der Waals surface area contributed by atoms with Gasteiger partial charge in [-0.3, -0.25) is 4.79 Å². The molecule has 160 valence electrons. The van der Waals surface area contributed by atoms with Crippen LogP contribution in [0.4, 0.5) is 0 Å². The van der Waals surface area contributed by atoms with Gasteiger partial charge in [0.1, 0.15) is 11.6 Å². The summed E-state index contributed by atoms with van der Waals surface area (Å²) in [5.74, 6) is 2.85. The van der Waals surface area contributed by atoms with E-state index in [0.29, 0.717) is 40.0 Å². The zero-order valence-electron chi connectivity index (χ0n) is 18.4. The fraction of sp³-hybridized carbons (Fsp3) is 0.417. The van der Waals surface area contributed by atoms with Crippen molar-refractivity contribution < 1.29 is 4.74 Å². The van der Waals surface area contributed by atoms with Crippen LogP contribution in [0.5, 0.6) is 5.75 Å². The topological polar surface area (TPSA) is 74.3 Å². The van der Waals surface area contributed by atoms with Crippen molar-refractivity contribution in [3.63, 3.8) is 0 Å². The maximum atomic E-state index is 13.9. The second-order valence-corrected chi connectivity index (χ2v) is 8.69. The maximum Gasteiger partial charge on any atom is 0.262 e. The van der Waals surface area contributed by atoms with Gasteiger partial charge in [-0.1, -0.05) is 38.8 Å². The zero-order valence-corrected chi connectivity index (χ0v) is 18.4. The third-order valence-corrected chi connectivity index (χ3v) is 6.83. The third kappa shape index (κ3) is 3.19. The molecular weight excluding hydrogens is 390 g/mol. The van der Waals surface area contributed by atoms with Crippen LogP contribution in [0.15, 0.2) is 41.3 Å². The number of fused-ring (bicyclic) bond motifs is 2. The quantitative estimate of drug-likeness (QED) is 0.493. The minimum Gasteiger partial charge on any atom is -0.497 e. The van der Waals surface area contributed by atoms with Crippen molar-refractivity contribution in [2.75, 3.05) is 7.11 Å². The van der Waals surface area contributed by atoms with Crippen molar-refractivity contribution in [2.45, 2.75) is 46.1 Å². The van der Waals surface area contributed by atoms with E-state index >= 15 is 0 Å². The molecule has 0 aliphatic heterocycles. The normalized spacial score (nSPS) is 21.6. The lowest BCUT2D eigenvalue weighted by Gasteiger charge is -2.35. The van der Waals surface area contributed by atoms with E-state index in [9.17, 15) is 4.79 Å². The standard InChI is InChI=1S/C24H27N5O2/c1-14-7-5-10-20(15(14)2)28-12-11-19-21(23(28)30)22(17-8-6-9-18(13-17)31-4)29-24(26-19)25-16(3)27-29/h6,8-9,11-15,20H,5,7,10H2,1-4H3/t14-,15-,20+/m0/s1. The fourth-order valence-corrected chi connectivity index (χ4v) is 4.94. The Hall–Kier alpha value is -3.22. The number of aromatic nitrogens is 5. The molecule has 3 heterocycles. The first-order chi connectivity index (χ1) is 15.0. The largest absolute Gasteiger partial charge is 0.497 e. The molecule has 0 N–H and O–H groups in total. The number of ether oxygens (including phenoxy) is 1. The van der Waals surface area contributed by atoms with Gasteiger partial charge in [-0.05, 0) is 43.4 Å². The smallest absolute Gasteiger partial charge is 0.262 e. The van der Waals surface area contributed by atoms with E-state index in [1.165, 1.54) is 6.42 Å². The van der Waals surface area contributed by atoms with Gasteiger partial charge in [0, 0.05) is 17.8 Å². The van der Waals surface area contributed by atoms with Gasteiger partial charge in [0.2, 0.25) is 0 Å². The Bertz CT molecular complexity index is 1340. The first-order valence-electron chi connectivity index (χ1n) is 10.9. The predicted molar refractivity (Wildman–Crippen MR) is 120 cm³/mol. The van der Waals surface area contributed by atoms with E-state index in [2.05, 4.69) is 28.9 Å². The summed E-state index contributed by atoms with van der Waals surface area (Å²) in [6.45, 7) is 6.38. The summed E-state index contributed by atoms with van der Waals surface area (Å²) >= 11 is 0. The van der Waals surface area contributed by atoms with Crippen LogP contribution in [0.3, 0.4) is 0 Å².